The molecule has 0 saturated heterocycles. The summed E-state index contributed by atoms with van der Waals surface area (Å²) in [6, 6.07) is 5.32. The van der Waals surface area contributed by atoms with Crippen LogP contribution in [0.1, 0.15) is 18.8 Å². The van der Waals surface area contributed by atoms with E-state index >= 15 is 0 Å². The first-order valence-electron chi connectivity index (χ1n) is 4.84. The number of imidazole rings is 1. The smallest absolute Gasteiger partial charge is 0.123 e. The van der Waals surface area contributed by atoms with E-state index < -0.39 is 0 Å². The van der Waals surface area contributed by atoms with Gasteiger partial charge in [0.05, 0.1) is 28.0 Å². The number of halogens is 2. The van der Waals surface area contributed by atoms with Crippen molar-refractivity contribution < 1.29 is 0 Å². The molecule has 0 spiro atoms. The van der Waals surface area contributed by atoms with Gasteiger partial charge in [-0.2, -0.15) is 0 Å². The van der Waals surface area contributed by atoms with Crippen LogP contribution in [-0.4, -0.2) is 9.97 Å². The molecular formula is C11H11Cl2N3. The molecule has 0 aliphatic rings. The van der Waals surface area contributed by atoms with Crippen molar-refractivity contribution in [1.82, 2.24) is 9.97 Å². The van der Waals surface area contributed by atoms with E-state index in [2.05, 4.69) is 9.97 Å². The molecule has 0 saturated carbocycles. The van der Waals surface area contributed by atoms with E-state index in [-0.39, 0.29) is 6.04 Å². The van der Waals surface area contributed by atoms with E-state index in [1.807, 2.05) is 13.0 Å². The molecule has 0 aliphatic heterocycles. The Morgan fingerprint density at radius 1 is 1.31 bits per heavy atom. The molecule has 0 fully saturated rings. The molecule has 1 heterocycles. The number of nitrogens with two attached hydrogens (primary N) is 1. The van der Waals surface area contributed by atoms with Gasteiger partial charge in [-0.15, -0.1) is 0 Å². The Labute approximate surface area is 104 Å². The quantitative estimate of drug-likeness (QED) is 0.865. The summed E-state index contributed by atoms with van der Waals surface area (Å²) in [4.78, 5) is 7.33. The van der Waals surface area contributed by atoms with Gasteiger partial charge < -0.3 is 10.7 Å². The minimum absolute atomic E-state index is 0.114. The van der Waals surface area contributed by atoms with Crippen molar-refractivity contribution in [2.45, 2.75) is 13.0 Å². The summed E-state index contributed by atoms with van der Waals surface area (Å²) in [7, 11) is 0. The molecule has 84 valence electrons. The van der Waals surface area contributed by atoms with Gasteiger partial charge in [-0.3, -0.25) is 0 Å². The second kappa shape index (κ2) is 4.45. The second-order valence-electron chi connectivity index (χ2n) is 3.60. The highest BCUT2D eigenvalue weighted by Crippen LogP contribution is 2.27. The molecule has 1 aromatic carbocycles. The summed E-state index contributed by atoms with van der Waals surface area (Å²) >= 11 is 11.8. The lowest BCUT2D eigenvalue weighted by Gasteiger charge is -2.01. The zero-order valence-electron chi connectivity index (χ0n) is 8.67. The van der Waals surface area contributed by atoms with E-state index in [0.29, 0.717) is 10.0 Å². The number of aromatic nitrogens is 2. The van der Waals surface area contributed by atoms with Crippen LogP contribution in [0.5, 0.6) is 0 Å². The van der Waals surface area contributed by atoms with Crippen LogP contribution in [0.4, 0.5) is 0 Å². The third-order valence-electron chi connectivity index (χ3n) is 2.26. The topological polar surface area (TPSA) is 54.7 Å². The maximum atomic E-state index is 5.94. The zero-order chi connectivity index (χ0) is 11.7. The monoisotopic (exact) mass is 255 g/mol. The molecule has 2 rings (SSSR count). The van der Waals surface area contributed by atoms with E-state index in [1.165, 1.54) is 0 Å². The number of H-pyrrole nitrogens is 1. The Bertz CT molecular complexity index is 506. The van der Waals surface area contributed by atoms with Gasteiger partial charge in [-0.1, -0.05) is 29.3 Å². The highest BCUT2D eigenvalue weighted by molar-refractivity contribution is 6.42. The molecule has 3 nitrogen and oxygen atoms in total. The number of nitrogens with one attached hydrogen (secondary N) is 1. The van der Waals surface area contributed by atoms with Gasteiger partial charge >= 0.3 is 0 Å². The van der Waals surface area contributed by atoms with E-state index in [9.17, 15) is 0 Å². The van der Waals surface area contributed by atoms with Crippen molar-refractivity contribution in [2.24, 2.45) is 5.73 Å². The molecule has 0 bridgehead atoms. The Balaban J connectivity index is 2.39. The first kappa shape index (κ1) is 11.5. The minimum Gasteiger partial charge on any atom is -0.341 e. The zero-order valence-corrected chi connectivity index (χ0v) is 10.2. The molecule has 1 atom stereocenters. The van der Waals surface area contributed by atoms with Crippen molar-refractivity contribution in [3.63, 3.8) is 0 Å². The van der Waals surface area contributed by atoms with Crippen molar-refractivity contribution in [1.29, 1.82) is 0 Å². The molecular weight excluding hydrogens is 245 g/mol. The van der Waals surface area contributed by atoms with Crippen molar-refractivity contribution in [2.75, 3.05) is 0 Å². The minimum atomic E-state index is -0.114. The predicted octanol–water partition coefficient (Wildman–Crippen LogP) is 3.40. The highest BCUT2D eigenvalue weighted by atomic mass is 35.5. The molecule has 16 heavy (non-hydrogen) atoms. The summed E-state index contributed by atoms with van der Waals surface area (Å²) in [6.45, 7) is 1.87. The molecule has 0 aliphatic carbocycles. The average molecular weight is 256 g/mol. The summed E-state index contributed by atoms with van der Waals surface area (Å²) in [5, 5.41) is 1.06. The van der Waals surface area contributed by atoms with Crippen LogP contribution in [-0.2, 0) is 0 Å². The maximum Gasteiger partial charge on any atom is 0.123 e. The third kappa shape index (κ3) is 2.21. The molecule has 0 amide bonds. The number of benzene rings is 1. The summed E-state index contributed by atoms with van der Waals surface area (Å²) in [5.41, 5.74) is 7.54. The molecule has 5 heteroatoms. The van der Waals surface area contributed by atoms with Crippen LogP contribution in [0, 0.1) is 0 Å². The lowest BCUT2D eigenvalue weighted by molar-refractivity contribution is 0.756. The van der Waals surface area contributed by atoms with Crippen LogP contribution in [0.3, 0.4) is 0 Å². The van der Waals surface area contributed by atoms with E-state index in [1.54, 1.807) is 18.3 Å². The fraction of sp³-hybridized carbons (Fsp3) is 0.182. The van der Waals surface area contributed by atoms with Crippen LogP contribution in [0.25, 0.3) is 11.3 Å². The molecule has 3 N–H and O–H groups in total. The predicted molar refractivity (Wildman–Crippen MR) is 66.6 cm³/mol. The number of aromatic amines is 1. The summed E-state index contributed by atoms with van der Waals surface area (Å²) in [5.74, 6) is 0.751. The van der Waals surface area contributed by atoms with Crippen LogP contribution >= 0.6 is 23.2 Å². The second-order valence-corrected chi connectivity index (χ2v) is 4.41. The fourth-order valence-corrected chi connectivity index (χ4v) is 1.68. The summed E-state index contributed by atoms with van der Waals surface area (Å²) < 4.78 is 0. The number of hydrogen-bond acceptors (Lipinski definition) is 2. The van der Waals surface area contributed by atoms with Gasteiger partial charge in [-0.05, 0) is 19.1 Å². The Hall–Kier alpha value is -1.03. The van der Waals surface area contributed by atoms with Crippen LogP contribution in [0.2, 0.25) is 10.0 Å². The first-order valence-corrected chi connectivity index (χ1v) is 5.59. The summed E-state index contributed by atoms with van der Waals surface area (Å²) in [6.07, 6.45) is 1.73. The fourth-order valence-electron chi connectivity index (χ4n) is 1.38. The maximum absolute atomic E-state index is 5.94. The number of nitrogens with zero attached hydrogens (tertiary/aromatic N) is 1. The largest absolute Gasteiger partial charge is 0.341 e. The van der Waals surface area contributed by atoms with E-state index in [4.69, 9.17) is 28.9 Å². The average Bonchev–Trinajstić information content (AvgIpc) is 2.71. The van der Waals surface area contributed by atoms with Gasteiger partial charge in [0.15, 0.2) is 0 Å². The van der Waals surface area contributed by atoms with Crippen LogP contribution < -0.4 is 5.73 Å². The normalized spacial score (nSPS) is 12.8. The number of hydrogen-bond donors (Lipinski definition) is 2. The molecule has 0 radical (unpaired) electrons. The van der Waals surface area contributed by atoms with Crippen molar-refractivity contribution in [3.8, 4) is 11.3 Å². The van der Waals surface area contributed by atoms with Gasteiger partial charge in [0.1, 0.15) is 5.82 Å². The molecule has 1 aromatic heterocycles. The van der Waals surface area contributed by atoms with Gasteiger partial charge in [-0.25, -0.2) is 4.98 Å². The van der Waals surface area contributed by atoms with Crippen molar-refractivity contribution >= 4 is 23.2 Å². The van der Waals surface area contributed by atoms with Crippen LogP contribution in [0.15, 0.2) is 24.4 Å². The Morgan fingerprint density at radius 3 is 2.62 bits per heavy atom. The third-order valence-corrected chi connectivity index (χ3v) is 3.00. The highest BCUT2D eigenvalue weighted by Gasteiger charge is 2.07. The number of rotatable bonds is 2. The van der Waals surface area contributed by atoms with Gasteiger partial charge in [0.2, 0.25) is 0 Å². The molecule has 2 aromatic rings. The van der Waals surface area contributed by atoms with Gasteiger partial charge in [0.25, 0.3) is 0 Å². The lowest BCUT2D eigenvalue weighted by atomic mass is 10.2. The molecule has 0 unspecified atom stereocenters. The Kier molecular flexibility index (Phi) is 3.19. The first-order chi connectivity index (χ1) is 7.58. The van der Waals surface area contributed by atoms with Gasteiger partial charge in [0, 0.05) is 5.56 Å². The van der Waals surface area contributed by atoms with Crippen molar-refractivity contribution in [3.05, 3.63) is 40.3 Å². The Morgan fingerprint density at radius 2 is 2.06 bits per heavy atom. The standard InChI is InChI=1S/C11H11Cl2N3/c1-6(14)11-15-5-10(16-11)7-2-3-8(12)9(13)4-7/h2-6H,14H2,1H3,(H,15,16)/t6-/m1/s1. The lowest BCUT2D eigenvalue weighted by Crippen LogP contribution is -2.06. The van der Waals surface area contributed by atoms with E-state index in [0.717, 1.165) is 17.1 Å². The SMILES string of the molecule is C[C@@H](N)c1ncc(-c2ccc(Cl)c(Cl)c2)[nH]1.